The Labute approximate surface area is 128 Å². The molecule has 2 nitrogen and oxygen atoms in total. The summed E-state index contributed by atoms with van der Waals surface area (Å²) in [5.41, 5.74) is 1.75. The molecule has 2 rings (SSSR count). The molecule has 21 heavy (non-hydrogen) atoms. The number of benzene rings is 1. The van der Waals surface area contributed by atoms with Gasteiger partial charge in [-0.3, -0.25) is 0 Å². The highest BCUT2D eigenvalue weighted by molar-refractivity contribution is 5.89. The fourth-order valence-electron chi connectivity index (χ4n) is 3.16. The number of hydrogen-bond donors (Lipinski definition) is 0. The van der Waals surface area contributed by atoms with Crippen LogP contribution in [0, 0.1) is 0 Å². The average Bonchev–Trinajstić information content (AvgIpc) is 2.55. The minimum atomic E-state index is -0.218. The summed E-state index contributed by atoms with van der Waals surface area (Å²) in [6, 6.07) is 7.94. The van der Waals surface area contributed by atoms with Gasteiger partial charge in [0.05, 0.1) is 5.56 Å². The molecule has 0 radical (unpaired) electrons. The lowest BCUT2D eigenvalue weighted by Gasteiger charge is -2.36. The van der Waals surface area contributed by atoms with Crippen LogP contribution in [-0.2, 0) is 4.74 Å². The van der Waals surface area contributed by atoms with E-state index < -0.39 is 0 Å². The van der Waals surface area contributed by atoms with Gasteiger partial charge in [-0.15, -0.1) is 0 Å². The molecule has 1 aliphatic carbocycles. The van der Waals surface area contributed by atoms with Gasteiger partial charge in [-0.2, -0.15) is 0 Å². The third kappa shape index (κ3) is 3.87. The molecule has 0 heterocycles. The van der Waals surface area contributed by atoms with Gasteiger partial charge in [0.25, 0.3) is 0 Å². The molecule has 0 spiro atoms. The van der Waals surface area contributed by atoms with Crippen molar-refractivity contribution in [2.75, 3.05) is 0 Å². The van der Waals surface area contributed by atoms with Crippen LogP contribution in [0.3, 0.4) is 0 Å². The Hall–Kier alpha value is -1.31. The van der Waals surface area contributed by atoms with E-state index in [4.69, 9.17) is 4.74 Å². The van der Waals surface area contributed by atoms with Crippen LogP contribution in [-0.4, -0.2) is 11.6 Å². The summed E-state index contributed by atoms with van der Waals surface area (Å²) in [7, 11) is 0. The van der Waals surface area contributed by atoms with Crippen LogP contribution in [0.25, 0.3) is 0 Å². The predicted molar refractivity (Wildman–Crippen MR) is 86.7 cm³/mol. The van der Waals surface area contributed by atoms with Crippen LogP contribution in [0.1, 0.15) is 87.6 Å². The average molecular weight is 288 g/mol. The van der Waals surface area contributed by atoms with Gasteiger partial charge in [0.1, 0.15) is 5.60 Å². The van der Waals surface area contributed by atoms with Gasteiger partial charge in [-0.25, -0.2) is 4.79 Å². The molecule has 1 fully saturated rings. The van der Waals surface area contributed by atoms with Gasteiger partial charge < -0.3 is 4.74 Å². The number of carbonyl (C=O) groups is 1. The normalized spacial score (nSPS) is 19.0. The molecule has 1 atom stereocenters. The Balaban J connectivity index is 2.05. The molecule has 0 aromatic heterocycles. The maximum absolute atomic E-state index is 12.4. The lowest BCUT2D eigenvalue weighted by molar-refractivity contribution is -0.0397. The molecule has 0 N–H and O–H groups in total. The highest BCUT2D eigenvalue weighted by atomic mass is 16.6. The summed E-state index contributed by atoms with van der Waals surface area (Å²) < 4.78 is 5.90. The second kappa shape index (κ2) is 7.11. The van der Waals surface area contributed by atoms with Crippen molar-refractivity contribution >= 4 is 5.97 Å². The molecule has 0 amide bonds. The summed E-state index contributed by atoms with van der Waals surface area (Å²) in [6.07, 6.45) is 7.68. The molecule has 1 unspecified atom stereocenters. The Bertz CT molecular complexity index is 455. The summed E-state index contributed by atoms with van der Waals surface area (Å²) in [5, 5.41) is 0. The molecule has 1 saturated carbocycles. The summed E-state index contributed by atoms with van der Waals surface area (Å²) in [4.78, 5) is 12.4. The molecule has 0 bridgehead atoms. The first-order valence-electron chi connectivity index (χ1n) is 8.43. The predicted octanol–water partition coefficient (Wildman–Crippen LogP) is 5.47. The highest BCUT2D eigenvalue weighted by Crippen LogP contribution is 2.35. The second-order valence-corrected chi connectivity index (χ2v) is 6.42. The quantitative estimate of drug-likeness (QED) is 0.671. The van der Waals surface area contributed by atoms with Gasteiger partial charge in [-0.1, -0.05) is 39.3 Å². The van der Waals surface area contributed by atoms with E-state index in [9.17, 15) is 4.79 Å². The van der Waals surface area contributed by atoms with Crippen molar-refractivity contribution in [3.8, 4) is 0 Å². The number of carbonyl (C=O) groups excluding carboxylic acids is 1. The van der Waals surface area contributed by atoms with Gasteiger partial charge in [-0.05, 0) is 62.1 Å². The summed E-state index contributed by atoms with van der Waals surface area (Å²) >= 11 is 0. The smallest absolute Gasteiger partial charge is 0.338 e. The Morgan fingerprint density at radius 2 is 1.76 bits per heavy atom. The van der Waals surface area contributed by atoms with E-state index in [1.54, 1.807) is 0 Å². The molecule has 1 aliphatic rings. The van der Waals surface area contributed by atoms with Crippen molar-refractivity contribution in [2.45, 2.75) is 77.2 Å². The standard InChI is InChI=1S/C19H28O2/c1-4-15(3)16-9-11-17(12-10-16)18(20)21-19(5-2)13-7-6-8-14-19/h9-12,15H,4-8,13-14H2,1-3H3. The van der Waals surface area contributed by atoms with E-state index in [1.807, 2.05) is 12.1 Å². The molecular formula is C19H28O2. The first-order chi connectivity index (χ1) is 10.1. The fourth-order valence-corrected chi connectivity index (χ4v) is 3.16. The largest absolute Gasteiger partial charge is 0.455 e. The van der Waals surface area contributed by atoms with Crippen LogP contribution in [0.5, 0.6) is 0 Å². The third-order valence-electron chi connectivity index (χ3n) is 5.05. The van der Waals surface area contributed by atoms with Crippen molar-refractivity contribution < 1.29 is 9.53 Å². The maximum Gasteiger partial charge on any atom is 0.338 e. The van der Waals surface area contributed by atoms with E-state index in [-0.39, 0.29) is 11.6 Å². The van der Waals surface area contributed by atoms with E-state index in [2.05, 4.69) is 32.9 Å². The van der Waals surface area contributed by atoms with Crippen LogP contribution >= 0.6 is 0 Å². The zero-order chi connectivity index (χ0) is 15.3. The highest BCUT2D eigenvalue weighted by Gasteiger charge is 2.34. The third-order valence-corrected chi connectivity index (χ3v) is 5.05. The first kappa shape index (κ1) is 16.1. The van der Waals surface area contributed by atoms with Crippen molar-refractivity contribution in [3.63, 3.8) is 0 Å². The number of rotatable bonds is 5. The molecule has 0 aliphatic heterocycles. The van der Waals surface area contributed by atoms with E-state index >= 15 is 0 Å². The molecule has 116 valence electrons. The van der Waals surface area contributed by atoms with E-state index in [0.717, 1.165) is 25.7 Å². The van der Waals surface area contributed by atoms with Crippen molar-refractivity contribution in [3.05, 3.63) is 35.4 Å². The SMILES string of the molecule is CCC(C)c1ccc(C(=O)OC2(CC)CCCCC2)cc1. The fraction of sp³-hybridized carbons (Fsp3) is 0.632. The molecule has 1 aromatic carbocycles. The molecule has 1 aromatic rings. The van der Waals surface area contributed by atoms with Gasteiger partial charge in [0.2, 0.25) is 0 Å². The van der Waals surface area contributed by atoms with Gasteiger partial charge in [0, 0.05) is 0 Å². The zero-order valence-electron chi connectivity index (χ0n) is 13.7. The Kier molecular flexibility index (Phi) is 5.44. The van der Waals surface area contributed by atoms with Crippen LogP contribution in [0.15, 0.2) is 24.3 Å². The number of ether oxygens (including phenoxy) is 1. The number of esters is 1. The summed E-state index contributed by atoms with van der Waals surface area (Å²) in [5.74, 6) is 0.379. The van der Waals surface area contributed by atoms with E-state index in [0.29, 0.717) is 11.5 Å². The molecule has 0 saturated heterocycles. The van der Waals surface area contributed by atoms with Crippen LogP contribution in [0.4, 0.5) is 0 Å². The van der Waals surface area contributed by atoms with E-state index in [1.165, 1.54) is 24.8 Å². The summed E-state index contributed by atoms with van der Waals surface area (Å²) in [6.45, 7) is 6.52. The molecule has 2 heteroatoms. The lowest BCUT2D eigenvalue weighted by atomic mass is 9.82. The van der Waals surface area contributed by atoms with Crippen molar-refractivity contribution in [2.24, 2.45) is 0 Å². The zero-order valence-corrected chi connectivity index (χ0v) is 13.7. The van der Waals surface area contributed by atoms with Gasteiger partial charge in [0.15, 0.2) is 0 Å². The van der Waals surface area contributed by atoms with Gasteiger partial charge >= 0.3 is 5.97 Å². The topological polar surface area (TPSA) is 26.3 Å². The van der Waals surface area contributed by atoms with Crippen LogP contribution in [0.2, 0.25) is 0 Å². The lowest BCUT2D eigenvalue weighted by Crippen LogP contribution is -2.36. The van der Waals surface area contributed by atoms with Crippen LogP contribution < -0.4 is 0 Å². The minimum Gasteiger partial charge on any atom is -0.455 e. The Morgan fingerprint density at radius 3 is 2.29 bits per heavy atom. The monoisotopic (exact) mass is 288 g/mol. The number of hydrogen-bond acceptors (Lipinski definition) is 2. The molecular weight excluding hydrogens is 260 g/mol. The Morgan fingerprint density at radius 1 is 1.14 bits per heavy atom. The second-order valence-electron chi connectivity index (χ2n) is 6.42. The van der Waals surface area contributed by atoms with Crippen molar-refractivity contribution in [1.29, 1.82) is 0 Å². The minimum absolute atomic E-state index is 0.158. The first-order valence-corrected chi connectivity index (χ1v) is 8.43. The van der Waals surface area contributed by atoms with Crippen molar-refractivity contribution in [1.82, 2.24) is 0 Å². The maximum atomic E-state index is 12.4.